The molecule has 8 heteroatoms. The third kappa shape index (κ3) is 3.36. The minimum absolute atomic E-state index is 0.0475. The van der Waals surface area contributed by atoms with Crippen molar-refractivity contribution in [3.8, 4) is 0 Å². The summed E-state index contributed by atoms with van der Waals surface area (Å²) in [6.07, 6.45) is 0. The van der Waals surface area contributed by atoms with E-state index in [4.69, 9.17) is 17.3 Å². The summed E-state index contributed by atoms with van der Waals surface area (Å²) in [5, 5.41) is 10.7. The Balaban J connectivity index is 1.79. The molecule has 0 aliphatic heterocycles. The molecule has 0 aliphatic carbocycles. The highest BCUT2D eigenvalue weighted by Gasteiger charge is 2.18. The molecule has 3 rings (SSSR count). The highest BCUT2D eigenvalue weighted by molar-refractivity contribution is 6.30. The minimum Gasteiger partial charge on any atom is -0.382 e. The molecule has 1 amide bonds. The number of hydrogen-bond acceptors (Lipinski definition) is 4. The smallest absolute Gasteiger partial charge is 0.280 e. The first kappa shape index (κ1) is 15.9. The van der Waals surface area contributed by atoms with Gasteiger partial charge in [-0.3, -0.25) is 4.79 Å². The van der Waals surface area contributed by atoms with Crippen LogP contribution >= 0.6 is 11.6 Å². The van der Waals surface area contributed by atoms with Crippen LogP contribution in [0.4, 0.5) is 15.9 Å². The van der Waals surface area contributed by atoms with Gasteiger partial charge in [0.15, 0.2) is 11.5 Å². The van der Waals surface area contributed by atoms with E-state index in [1.54, 1.807) is 24.3 Å². The van der Waals surface area contributed by atoms with Gasteiger partial charge in [0.1, 0.15) is 5.82 Å². The molecule has 0 bridgehead atoms. The van der Waals surface area contributed by atoms with E-state index in [-0.39, 0.29) is 17.2 Å². The van der Waals surface area contributed by atoms with E-state index in [2.05, 4.69) is 15.6 Å². The molecule has 6 nitrogen and oxygen atoms in total. The number of nitrogens with two attached hydrogens (primary N) is 1. The SMILES string of the molecule is Nc1c(C(=O)Nc2ccccc2F)nnn1Cc1cccc(Cl)c1. The van der Waals surface area contributed by atoms with Crippen LogP contribution in [-0.4, -0.2) is 20.9 Å². The summed E-state index contributed by atoms with van der Waals surface area (Å²) in [5.74, 6) is -1.09. The second-order valence-electron chi connectivity index (χ2n) is 5.04. The molecule has 0 saturated carbocycles. The van der Waals surface area contributed by atoms with Gasteiger partial charge in [0.25, 0.3) is 5.91 Å². The van der Waals surface area contributed by atoms with Crippen LogP contribution in [0.2, 0.25) is 5.02 Å². The van der Waals surface area contributed by atoms with Crippen LogP contribution in [0, 0.1) is 5.82 Å². The summed E-state index contributed by atoms with van der Waals surface area (Å²) in [6.45, 7) is 0.312. The average Bonchev–Trinajstić information content (AvgIpc) is 2.91. The van der Waals surface area contributed by atoms with Gasteiger partial charge in [0, 0.05) is 5.02 Å². The number of nitrogen functional groups attached to an aromatic ring is 1. The van der Waals surface area contributed by atoms with Crippen LogP contribution in [0.5, 0.6) is 0 Å². The predicted molar refractivity (Wildman–Crippen MR) is 89.3 cm³/mol. The van der Waals surface area contributed by atoms with Gasteiger partial charge in [-0.1, -0.05) is 41.1 Å². The van der Waals surface area contributed by atoms with Crippen LogP contribution in [0.3, 0.4) is 0 Å². The van der Waals surface area contributed by atoms with Crippen molar-refractivity contribution in [3.63, 3.8) is 0 Å². The van der Waals surface area contributed by atoms with Gasteiger partial charge in [-0.15, -0.1) is 5.10 Å². The third-order valence-electron chi connectivity index (χ3n) is 3.33. The molecule has 3 aromatic rings. The molecule has 0 fully saturated rings. The van der Waals surface area contributed by atoms with E-state index in [1.807, 2.05) is 6.07 Å². The van der Waals surface area contributed by atoms with Gasteiger partial charge >= 0.3 is 0 Å². The molecule has 1 aromatic heterocycles. The molecule has 0 atom stereocenters. The fourth-order valence-corrected chi connectivity index (χ4v) is 2.36. The van der Waals surface area contributed by atoms with E-state index >= 15 is 0 Å². The maximum atomic E-state index is 13.6. The highest BCUT2D eigenvalue weighted by atomic mass is 35.5. The maximum Gasteiger partial charge on any atom is 0.280 e. The molecular weight excluding hydrogens is 333 g/mol. The Morgan fingerprint density at radius 2 is 2.04 bits per heavy atom. The molecule has 3 N–H and O–H groups in total. The van der Waals surface area contributed by atoms with E-state index in [9.17, 15) is 9.18 Å². The Hall–Kier alpha value is -2.93. The number of para-hydroxylation sites is 1. The highest BCUT2D eigenvalue weighted by Crippen LogP contribution is 2.17. The van der Waals surface area contributed by atoms with Crippen LogP contribution in [-0.2, 0) is 6.54 Å². The first-order valence-electron chi connectivity index (χ1n) is 7.04. The number of nitrogens with one attached hydrogen (secondary N) is 1. The largest absolute Gasteiger partial charge is 0.382 e. The fourth-order valence-electron chi connectivity index (χ4n) is 2.15. The van der Waals surface area contributed by atoms with Gasteiger partial charge < -0.3 is 11.1 Å². The number of benzene rings is 2. The molecule has 24 heavy (non-hydrogen) atoms. The van der Waals surface area contributed by atoms with Gasteiger partial charge in [-0.2, -0.15) is 0 Å². The quantitative estimate of drug-likeness (QED) is 0.761. The van der Waals surface area contributed by atoms with Crippen molar-refractivity contribution in [1.82, 2.24) is 15.0 Å². The Labute approximate surface area is 142 Å². The van der Waals surface area contributed by atoms with Gasteiger partial charge in [-0.05, 0) is 29.8 Å². The Morgan fingerprint density at radius 1 is 1.25 bits per heavy atom. The van der Waals surface area contributed by atoms with E-state index in [1.165, 1.54) is 22.9 Å². The van der Waals surface area contributed by atoms with Crippen molar-refractivity contribution in [1.29, 1.82) is 0 Å². The van der Waals surface area contributed by atoms with Gasteiger partial charge in [0.2, 0.25) is 0 Å². The second-order valence-corrected chi connectivity index (χ2v) is 5.48. The topological polar surface area (TPSA) is 85.8 Å². The predicted octanol–water partition coefficient (Wildman–Crippen LogP) is 2.95. The van der Waals surface area contributed by atoms with Crippen molar-refractivity contribution in [2.24, 2.45) is 0 Å². The molecule has 0 saturated heterocycles. The van der Waals surface area contributed by atoms with E-state index < -0.39 is 11.7 Å². The number of amides is 1. The molecule has 0 radical (unpaired) electrons. The molecule has 122 valence electrons. The monoisotopic (exact) mass is 345 g/mol. The molecule has 0 unspecified atom stereocenters. The summed E-state index contributed by atoms with van der Waals surface area (Å²) < 4.78 is 15.0. The number of anilines is 2. The number of halogens is 2. The number of aromatic nitrogens is 3. The van der Waals surface area contributed by atoms with Crippen molar-refractivity contribution >= 4 is 29.0 Å². The fraction of sp³-hybridized carbons (Fsp3) is 0.0625. The number of hydrogen-bond donors (Lipinski definition) is 2. The molecular formula is C16H13ClFN5O. The van der Waals surface area contributed by atoms with Crippen LogP contribution in [0.15, 0.2) is 48.5 Å². The van der Waals surface area contributed by atoms with Gasteiger partial charge in [-0.25, -0.2) is 9.07 Å². The lowest BCUT2D eigenvalue weighted by Gasteiger charge is -2.06. The third-order valence-corrected chi connectivity index (χ3v) is 3.57. The van der Waals surface area contributed by atoms with Crippen LogP contribution in [0.1, 0.15) is 16.1 Å². The first-order valence-corrected chi connectivity index (χ1v) is 7.41. The normalized spacial score (nSPS) is 10.6. The molecule has 1 heterocycles. The van der Waals surface area contributed by atoms with Crippen LogP contribution in [0.25, 0.3) is 0 Å². The summed E-state index contributed by atoms with van der Waals surface area (Å²) >= 11 is 5.94. The molecule has 0 aliphatic rings. The lowest BCUT2D eigenvalue weighted by molar-refractivity contribution is 0.102. The Bertz CT molecular complexity index is 896. The zero-order chi connectivity index (χ0) is 17.1. The maximum absolute atomic E-state index is 13.6. The zero-order valence-corrected chi connectivity index (χ0v) is 13.2. The number of carbonyl (C=O) groups is 1. The van der Waals surface area contributed by atoms with Crippen molar-refractivity contribution in [2.45, 2.75) is 6.54 Å². The minimum atomic E-state index is -0.630. The zero-order valence-electron chi connectivity index (χ0n) is 12.4. The number of carbonyl (C=O) groups excluding carboxylic acids is 1. The van der Waals surface area contributed by atoms with E-state index in [0.29, 0.717) is 11.6 Å². The lowest BCUT2D eigenvalue weighted by Crippen LogP contribution is -2.16. The Morgan fingerprint density at radius 3 is 2.79 bits per heavy atom. The molecule has 0 spiro atoms. The van der Waals surface area contributed by atoms with Crippen molar-refractivity contribution < 1.29 is 9.18 Å². The van der Waals surface area contributed by atoms with Gasteiger partial charge in [0.05, 0.1) is 12.2 Å². The van der Waals surface area contributed by atoms with E-state index in [0.717, 1.165) is 5.56 Å². The van der Waals surface area contributed by atoms with Crippen LogP contribution < -0.4 is 11.1 Å². The first-order chi connectivity index (χ1) is 11.5. The number of rotatable bonds is 4. The summed E-state index contributed by atoms with van der Waals surface area (Å²) in [4.78, 5) is 12.2. The summed E-state index contributed by atoms with van der Waals surface area (Å²) in [6, 6.07) is 13.0. The summed E-state index contributed by atoms with van der Waals surface area (Å²) in [7, 11) is 0. The Kier molecular flexibility index (Phi) is 4.43. The average molecular weight is 346 g/mol. The summed E-state index contributed by atoms with van der Waals surface area (Å²) in [5.41, 5.74) is 6.77. The molecule has 2 aromatic carbocycles. The van der Waals surface area contributed by atoms with Crippen molar-refractivity contribution in [2.75, 3.05) is 11.1 Å². The van der Waals surface area contributed by atoms with Crippen molar-refractivity contribution in [3.05, 3.63) is 70.6 Å². The standard InChI is InChI=1S/C16H13ClFN5O/c17-11-5-3-4-10(8-11)9-23-15(19)14(21-22-23)16(24)20-13-7-2-1-6-12(13)18/h1-8H,9,19H2,(H,20,24). The lowest BCUT2D eigenvalue weighted by atomic mass is 10.2. The second kappa shape index (κ2) is 6.67. The number of nitrogens with zero attached hydrogens (tertiary/aromatic N) is 3.